The predicted octanol–water partition coefficient (Wildman–Crippen LogP) is 18.3. The zero-order valence-corrected chi connectivity index (χ0v) is 42.4. The van der Waals surface area contributed by atoms with Crippen LogP contribution in [0.2, 0.25) is 0 Å². The fourth-order valence-electron chi connectivity index (χ4n) is 8.25. The molecule has 0 spiro atoms. The molecule has 0 aromatic rings. The molecule has 370 valence electrons. The van der Waals surface area contributed by atoms with Gasteiger partial charge in [-0.3, -0.25) is 14.4 Å². The van der Waals surface area contributed by atoms with Gasteiger partial charge < -0.3 is 14.2 Å². The molecule has 0 amide bonds. The van der Waals surface area contributed by atoms with Crippen LogP contribution >= 0.6 is 0 Å². The monoisotopic (exact) mass is 887 g/mol. The number of esters is 3. The van der Waals surface area contributed by atoms with Gasteiger partial charge in [0.2, 0.25) is 0 Å². The van der Waals surface area contributed by atoms with Crippen molar-refractivity contribution in [1.29, 1.82) is 0 Å². The molecule has 0 bridgehead atoms. The van der Waals surface area contributed by atoms with E-state index in [2.05, 4.69) is 45.1 Å². The van der Waals surface area contributed by atoms with Gasteiger partial charge in [0.05, 0.1) is 0 Å². The minimum Gasteiger partial charge on any atom is -0.462 e. The molecular weight excluding hydrogens is 781 g/mol. The van der Waals surface area contributed by atoms with E-state index in [1.807, 2.05) is 0 Å². The summed E-state index contributed by atoms with van der Waals surface area (Å²) >= 11 is 0. The van der Waals surface area contributed by atoms with Crippen molar-refractivity contribution in [1.82, 2.24) is 0 Å². The van der Waals surface area contributed by atoms with Gasteiger partial charge in [0.25, 0.3) is 0 Å². The lowest BCUT2D eigenvalue weighted by atomic mass is 10.0. The normalized spacial score (nSPS) is 12.1. The maximum absolute atomic E-state index is 12.8. The Morgan fingerprint density at radius 1 is 0.317 bits per heavy atom. The van der Waals surface area contributed by atoms with Crippen molar-refractivity contribution in [3.8, 4) is 0 Å². The fourth-order valence-corrected chi connectivity index (χ4v) is 8.25. The smallest absolute Gasteiger partial charge is 0.306 e. The molecule has 0 aliphatic rings. The van der Waals surface area contributed by atoms with E-state index in [4.69, 9.17) is 14.2 Å². The van der Waals surface area contributed by atoms with Gasteiger partial charge in [-0.05, 0) is 44.9 Å². The first kappa shape index (κ1) is 60.9. The third-order valence-corrected chi connectivity index (χ3v) is 12.4. The zero-order chi connectivity index (χ0) is 45.8. The predicted molar refractivity (Wildman–Crippen MR) is 270 cm³/mol. The Labute approximate surface area is 392 Å². The Kier molecular flexibility index (Phi) is 50.8. The van der Waals surface area contributed by atoms with Crippen LogP contribution in [-0.2, 0) is 28.6 Å². The second-order valence-electron chi connectivity index (χ2n) is 18.9. The van der Waals surface area contributed by atoms with Gasteiger partial charge in [0.1, 0.15) is 13.2 Å². The van der Waals surface area contributed by atoms with Crippen LogP contribution < -0.4 is 0 Å². The number of hydrogen-bond acceptors (Lipinski definition) is 6. The first-order chi connectivity index (χ1) is 31.0. The topological polar surface area (TPSA) is 78.9 Å². The summed E-state index contributed by atoms with van der Waals surface area (Å²) in [6.45, 7) is 6.58. The Hall–Kier alpha value is -2.11. The van der Waals surface area contributed by atoms with E-state index in [1.54, 1.807) is 0 Å². The van der Waals surface area contributed by atoms with Gasteiger partial charge in [-0.1, -0.05) is 263 Å². The Bertz CT molecular complexity index is 1020. The second-order valence-corrected chi connectivity index (χ2v) is 18.9. The Morgan fingerprint density at radius 2 is 0.603 bits per heavy atom. The average molecular weight is 887 g/mol. The number of unbranched alkanes of at least 4 members (excludes halogenated alkanes) is 36. The van der Waals surface area contributed by atoms with Crippen molar-refractivity contribution in [2.24, 2.45) is 0 Å². The van der Waals surface area contributed by atoms with Crippen molar-refractivity contribution in [3.05, 3.63) is 24.3 Å². The van der Waals surface area contributed by atoms with Crippen molar-refractivity contribution in [2.75, 3.05) is 13.2 Å². The Morgan fingerprint density at radius 3 is 0.937 bits per heavy atom. The van der Waals surface area contributed by atoms with Gasteiger partial charge in [0.15, 0.2) is 6.10 Å². The highest BCUT2D eigenvalue weighted by Gasteiger charge is 2.19. The first-order valence-electron chi connectivity index (χ1n) is 27.8. The lowest BCUT2D eigenvalue weighted by Crippen LogP contribution is -2.30. The molecule has 0 aliphatic carbocycles. The van der Waals surface area contributed by atoms with E-state index in [9.17, 15) is 14.4 Å². The highest BCUT2D eigenvalue weighted by Crippen LogP contribution is 2.17. The zero-order valence-electron chi connectivity index (χ0n) is 42.4. The summed E-state index contributed by atoms with van der Waals surface area (Å²) in [6.07, 6.45) is 60.4. The summed E-state index contributed by atoms with van der Waals surface area (Å²) in [6, 6.07) is 0. The molecule has 0 aromatic carbocycles. The van der Waals surface area contributed by atoms with Gasteiger partial charge in [-0.25, -0.2) is 0 Å². The van der Waals surface area contributed by atoms with Crippen LogP contribution in [0.1, 0.15) is 303 Å². The highest BCUT2D eigenvalue weighted by molar-refractivity contribution is 5.71. The van der Waals surface area contributed by atoms with E-state index in [1.165, 1.54) is 173 Å². The van der Waals surface area contributed by atoms with Gasteiger partial charge in [0, 0.05) is 19.3 Å². The second kappa shape index (κ2) is 52.5. The van der Waals surface area contributed by atoms with Crippen LogP contribution in [0.4, 0.5) is 0 Å². The summed E-state index contributed by atoms with van der Waals surface area (Å²) in [7, 11) is 0. The van der Waals surface area contributed by atoms with Crippen molar-refractivity contribution in [2.45, 2.75) is 309 Å². The number of allylic oxidation sites excluding steroid dienone is 4. The van der Waals surface area contributed by atoms with Crippen LogP contribution in [0, 0.1) is 0 Å². The molecular formula is C57H106O6. The van der Waals surface area contributed by atoms with Crippen LogP contribution in [0.15, 0.2) is 24.3 Å². The molecule has 0 fully saturated rings. The van der Waals surface area contributed by atoms with Crippen molar-refractivity contribution >= 4 is 17.9 Å². The number of ether oxygens (including phenoxy) is 3. The van der Waals surface area contributed by atoms with E-state index < -0.39 is 6.10 Å². The lowest BCUT2D eigenvalue weighted by Gasteiger charge is -2.18. The molecule has 1 unspecified atom stereocenters. The summed E-state index contributed by atoms with van der Waals surface area (Å²) in [5.41, 5.74) is 0. The third-order valence-electron chi connectivity index (χ3n) is 12.4. The Balaban J connectivity index is 4.16. The number of rotatable bonds is 51. The summed E-state index contributed by atoms with van der Waals surface area (Å²) in [5, 5.41) is 0. The van der Waals surface area contributed by atoms with E-state index in [0.29, 0.717) is 19.3 Å². The molecule has 0 radical (unpaired) electrons. The van der Waals surface area contributed by atoms with Crippen LogP contribution in [0.5, 0.6) is 0 Å². The van der Waals surface area contributed by atoms with Gasteiger partial charge >= 0.3 is 17.9 Å². The molecule has 0 aromatic heterocycles. The molecule has 6 heteroatoms. The van der Waals surface area contributed by atoms with E-state index in [0.717, 1.165) is 89.9 Å². The van der Waals surface area contributed by atoms with E-state index in [-0.39, 0.29) is 31.1 Å². The van der Waals surface area contributed by atoms with Crippen molar-refractivity contribution in [3.63, 3.8) is 0 Å². The highest BCUT2D eigenvalue weighted by atomic mass is 16.6. The maximum Gasteiger partial charge on any atom is 0.306 e. The van der Waals surface area contributed by atoms with Crippen LogP contribution in [0.3, 0.4) is 0 Å². The number of hydrogen-bond donors (Lipinski definition) is 0. The average Bonchev–Trinajstić information content (AvgIpc) is 3.28. The van der Waals surface area contributed by atoms with Crippen LogP contribution in [0.25, 0.3) is 0 Å². The van der Waals surface area contributed by atoms with Crippen molar-refractivity contribution < 1.29 is 28.6 Å². The minimum absolute atomic E-state index is 0.0723. The molecule has 0 saturated carbocycles. The largest absolute Gasteiger partial charge is 0.462 e. The quantitative estimate of drug-likeness (QED) is 0.0262. The van der Waals surface area contributed by atoms with Crippen LogP contribution in [-0.4, -0.2) is 37.2 Å². The maximum atomic E-state index is 12.8. The molecule has 0 aliphatic heterocycles. The minimum atomic E-state index is -0.772. The first-order valence-corrected chi connectivity index (χ1v) is 27.8. The summed E-state index contributed by atoms with van der Waals surface area (Å²) < 4.78 is 16.8. The standard InChI is InChI=1S/C57H106O6/c1-4-7-10-13-16-19-21-23-24-25-26-27-28-29-30-31-32-34-35-38-41-44-47-50-56(59)62-53-54(52-61-55(58)49-46-43-40-37-18-15-12-9-6-3)63-57(60)51-48-45-42-39-36-33-22-20-17-14-11-8-5-2/h11,14,20,22,54H,4-10,12-13,15-19,21,23-53H2,1-3H3/b14-11-,22-20-. The molecule has 0 saturated heterocycles. The molecule has 1 atom stereocenters. The fraction of sp³-hybridized carbons (Fsp3) is 0.877. The SMILES string of the molecule is CCC/C=C\C/C=C\CCCCCCCC(=O)OC(COC(=O)CCCCCCCCCCC)COC(=O)CCCCCCCCCCCCCCCCCCCCCCCCC. The van der Waals surface area contributed by atoms with E-state index >= 15 is 0 Å². The summed E-state index contributed by atoms with van der Waals surface area (Å²) in [4.78, 5) is 37.9. The number of carbonyl (C=O) groups is 3. The molecule has 6 nitrogen and oxygen atoms in total. The molecule has 0 rings (SSSR count). The van der Waals surface area contributed by atoms with Gasteiger partial charge in [-0.2, -0.15) is 0 Å². The van der Waals surface area contributed by atoms with Gasteiger partial charge in [-0.15, -0.1) is 0 Å². The lowest BCUT2D eigenvalue weighted by molar-refractivity contribution is -0.167. The molecule has 63 heavy (non-hydrogen) atoms. The molecule has 0 N–H and O–H groups in total. The third kappa shape index (κ3) is 50.7. The summed E-state index contributed by atoms with van der Waals surface area (Å²) in [5.74, 6) is -0.874. The molecule has 0 heterocycles. The number of carbonyl (C=O) groups excluding carboxylic acids is 3.